The topological polar surface area (TPSA) is 65.8 Å². The molecule has 2 aromatic rings. The molecule has 7 nitrogen and oxygen atoms in total. The molecule has 2 amide bonds. The summed E-state index contributed by atoms with van der Waals surface area (Å²) in [4.78, 5) is 16.0. The van der Waals surface area contributed by atoms with Crippen LogP contribution in [0.5, 0.6) is 0 Å². The number of pyridine rings is 1. The summed E-state index contributed by atoms with van der Waals surface area (Å²) >= 11 is 0. The number of hydrogen-bond acceptors (Lipinski definition) is 4. The number of nitrogens with one attached hydrogen (secondary N) is 1. The van der Waals surface area contributed by atoms with Crippen LogP contribution in [0.4, 0.5) is 4.79 Å². The predicted octanol–water partition coefficient (Wildman–Crippen LogP) is 1.01. The van der Waals surface area contributed by atoms with Crippen LogP contribution in [0.1, 0.15) is 18.7 Å². The highest BCUT2D eigenvalue weighted by Gasteiger charge is 2.24. The number of urea groups is 1. The van der Waals surface area contributed by atoms with Crippen LogP contribution in [-0.2, 0) is 6.42 Å². The first-order chi connectivity index (χ1) is 11.8. The van der Waals surface area contributed by atoms with E-state index in [4.69, 9.17) is 0 Å². The Balaban J connectivity index is 1.34. The molecule has 1 N–H and O–H groups in total. The van der Waals surface area contributed by atoms with Crippen LogP contribution in [0.3, 0.4) is 0 Å². The van der Waals surface area contributed by atoms with Crippen LogP contribution < -0.4 is 5.32 Å². The minimum Gasteiger partial charge on any atom is -0.336 e. The maximum atomic E-state index is 11.6. The number of likely N-dealkylation sites (tertiary alicyclic amines) is 1. The molecule has 0 spiro atoms. The maximum absolute atomic E-state index is 11.6. The highest BCUT2D eigenvalue weighted by Crippen LogP contribution is 2.20. The van der Waals surface area contributed by atoms with Crippen LogP contribution in [0.15, 0.2) is 24.4 Å². The molecule has 0 aromatic carbocycles. The van der Waals surface area contributed by atoms with Crippen molar-refractivity contribution in [3.8, 4) is 0 Å². The van der Waals surface area contributed by atoms with Gasteiger partial charge in [-0.15, -0.1) is 10.2 Å². The van der Waals surface area contributed by atoms with Crippen molar-refractivity contribution in [2.24, 2.45) is 5.92 Å². The lowest BCUT2D eigenvalue weighted by atomic mass is 9.94. The van der Waals surface area contributed by atoms with Crippen molar-refractivity contribution in [3.05, 3.63) is 30.2 Å². The van der Waals surface area contributed by atoms with Gasteiger partial charge in [-0.25, -0.2) is 4.79 Å². The van der Waals surface area contributed by atoms with Gasteiger partial charge in [-0.05, 0) is 37.4 Å². The van der Waals surface area contributed by atoms with Gasteiger partial charge < -0.3 is 15.1 Å². The number of amides is 2. The van der Waals surface area contributed by atoms with Gasteiger partial charge in [-0.3, -0.25) is 4.40 Å². The fourth-order valence-corrected chi connectivity index (χ4v) is 3.80. The lowest BCUT2D eigenvalue weighted by Crippen LogP contribution is -2.42. The Morgan fingerprint density at radius 3 is 3.04 bits per heavy atom. The lowest BCUT2D eigenvalue weighted by molar-refractivity contribution is 0.155. The van der Waals surface area contributed by atoms with Crippen molar-refractivity contribution in [2.75, 3.05) is 39.3 Å². The van der Waals surface area contributed by atoms with Crippen molar-refractivity contribution >= 4 is 11.7 Å². The van der Waals surface area contributed by atoms with Gasteiger partial charge in [0.2, 0.25) is 0 Å². The Hall–Kier alpha value is -2.15. The molecule has 2 fully saturated rings. The molecular formula is C17H24N6O. The van der Waals surface area contributed by atoms with Gasteiger partial charge in [0.15, 0.2) is 5.65 Å². The molecule has 128 valence electrons. The summed E-state index contributed by atoms with van der Waals surface area (Å²) in [6.07, 6.45) is 5.46. The zero-order valence-corrected chi connectivity index (χ0v) is 13.9. The van der Waals surface area contributed by atoms with Crippen LogP contribution in [0.25, 0.3) is 5.65 Å². The number of carbonyl (C=O) groups excluding carboxylic acids is 1. The lowest BCUT2D eigenvalue weighted by Gasteiger charge is -2.33. The number of aromatic nitrogens is 3. The number of hydrogen-bond donors (Lipinski definition) is 1. The van der Waals surface area contributed by atoms with Gasteiger partial charge in [0.1, 0.15) is 5.82 Å². The number of fused-ring (bicyclic) bond motifs is 1. The molecule has 0 bridgehead atoms. The fourth-order valence-electron chi connectivity index (χ4n) is 3.80. The van der Waals surface area contributed by atoms with Crippen molar-refractivity contribution in [3.63, 3.8) is 0 Å². The van der Waals surface area contributed by atoms with E-state index in [-0.39, 0.29) is 6.03 Å². The smallest absolute Gasteiger partial charge is 0.317 e. The quantitative estimate of drug-likeness (QED) is 0.890. The molecule has 7 heteroatoms. The van der Waals surface area contributed by atoms with Gasteiger partial charge in [0, 0.05) is 45.3 Å². The highest BCUT2D eigenvalue weighted by atomic mass is 16.2. The molecule has 0 radical (unpaired) electrons. The third kappa shape index (κ3) is 3.21. The van der Waals surface area contributed by atoms with Crippen molar-refractivity contribution in [1.82, 2.24) is 29.7 Å². The summed E-state index contributed by atoms with van der Waals surface area (Å²) in [6.45, 7) is 5.61. The SMILES string of the molecule is O=C1NCCN1CCN1CCCC(Cc2nnc3ccccn23)C1. The summed E-state index contributed by atoms with van der Waals surface area (Å²) in [6, 6.07) is 6.09. The average Bonchev–Trinajstić information content (AvgIpc) is 3.20. The summed E-state index contributed by atoms with van der Waals surface area (Å²) in [7, 11) is 0. The van der Waals surface area contributed by atoms with Crippen LogP contribution >= 0.6 is 0 Å². The van der Waals surface area contributed by atoms with Gasteiger partial charge in [0.25, 0.3) is 0 Å². The number of carbonyl (C=O) groups is 1. The Kier molecular flexibility index (Phi) is 4.34. The number of piperidine rings is 1. The third-order valence-corrected chi connectivity index (χ3v) is 5.09. The zero-order chi connectivity index (χ0) is 16.4. The Bertz CT molecular complexity index is 714. The van der Waals surface area contributed by atoms with E-state index in [0.717, 1.165) is 57.2 Å². The van der Waals surface area contributed by atoms with Gasteiger partial charge in [0.05, 0.1) is 0 Å². The second-order valence-electron chi connectivity index (χ2n) is 6.78. The van der Waals surface area contributed by atoms with Crippen LogP contribution in [-0.4, -0.2) is 69.7 Å². The second kappa shape index (κ2) is 6.76. The third-order valence-electron chi connectivity index (χ3n) is 5.09. The normalized spacial score (nSPS) is 22.2. The minimum atomic E-state index is 0.0819. The standard InChI is InChI=1S/C17H24N6O/c24-17-18-6-9-22(17)11-10-21-7-3-4-14(13-21)12-16-20-19-15-5-1-2-8-23(15)16/h1-2,5,8,14H,3-4,6-7,9-13H2,(H,18,24). The molecule has 24 heavy (non-hydrogen) atoms. The molecule has 2 aliphatic rings. The number of rotatable bonds is 5. The van der Waals surface area contributed by atoms with Gasteiger partial charge in [-0.2, -0.15) is 0 Å². The largest absolute Gasteiger partial charge is 0.336 e. The van der Waals surface area contributed by atoms with Crippen LogP contribution in [0.2, 0.25) is 0 Å². The molecule has 4 heterocycles. The van der Waals surface area contributed by atoms with Gasteiger partial charge >= 0.3 is 6.03 Å². The average molecular weight is 328 g/mol. The van der Waals surface area contributed by atoms with Crippen molar-refractivity contribution in [2.45, 2.75) is 19.3 Å². The highest BCUT2D eigenvalue weighted by molar-refractivity contribution is 5.76. The van der Waals surface area contributed by atoms with E-state index < -0.39 is 0 Å². The number of nitrogens with zero attached hydrogens (tertiary/aromatic N) is 5. The van der Waals surface area contributed by atoms with E-state index in [9.17, 15) is 4.79 Å². The monoisotopic (exact) mass is 328 g/mol. The maximum Gasteiger partial charge on any atom is 0.317 e. The van der Waals surface area contributed by atoms with E-state index in [2.05, 4.69) is 24.8 Å². The zero-order valence-electron chi connectivity index (χ0n) is 13.9. The first-order valence-electron chi connectivity index (χ1n) is 8.83. The predicted molar refractivity (Wildman–Crippen MR) is 90.8 cm³/mol. The molecule has 0 saturated carbocycles. The van der Waals surface area contributed by atoms with E-state index in [1.165, 1.54) is 12.8 Å². The summed E-state index contributed by atoms with van der Waals surface area (Å²) < 4.78 is 2.09. The van der Waals surface area contributed by atoms with Crippen LogP contribution in [0, 0.1) is 5.92 Å². The fraction of sp³-hybridized carbons (Fsp3) is 0.588. The van der Waals surface area contributed by atoms with E-state index in [1.54, 1.807) is 0 Å². The molecule has 2 saturated heterocycles. The first-order valence-corrected chi connectivity index (χ1v) is 8.83. The second-order valence-corrected chi connectivity index (χ2v) is 6.78. The van der Waals surface area contributed by atoms with Crippen molar-refractivity contribution in [1.29, 1.82) is 0 Å². The molecule has 4 rings (SSSR count). The summed E-state index contributed by atoms with van der Waals surface area (Å²) in [5.41, 5.74) is 0.917. The van der Waals surface area contributed by atoms with Crippen molar-refractivity contribution < 1.29 is 4.79 Å². The van der Waals surface area contributed by atoms with Gasteiger partial charge in [-0.1, -0.05) is 6.07 Å². The minimum absolute atomic E-state index is 0.0819. The molecule has 1 atom stereocenters. The molecule has 2 aromatic heterocycles. The Morgan fingerprint density at radius 2 is 2.17 bits per heavy atom. The molecule has 1 unspecified atom stereocenters. The van der Waals surface area contributed by atoms with E-state index in [1.807, 2.05) is 29.3 Å². The summed E-state index contributed by atoms with van der Waals surface area (Å²) in [5, 5.41) is 11.5. The van der Waals surface area contributed by atoms with E-state index in [0.29, 0.717) is 5.92 Å². The molecule has 2 aliphatic heterocycles. The van der Waals surface area contributed by atoms with E-state index >= 15 is 0 Å². The Labute approximate surface area is 141 Å². The molecule has 0 aliphatic carbocycles. The first kappa shape index (κ1) is 15.4. The Morgan fingerprint density at radius 1 is 1.21 bits per heavy atom. The summed E-state index contributed by atoms with van der Waals surface area (Å²) in [5.74, 6) is 1.66. The molecular weight excluding hydrogens is 304 g/mol.